The molecule has 20 heavy (non-hydrogen) atoms. The highest BCUT2D eigenvalue weighted by atomic mass is 19.1. The number of nitrogens with two attached hydrogens (primary N) is 1. The molecular formula is C15H21FN2O2. The van der Waals surface area contributed by atoms with E-state index in [1.54, 1.807) is 0 Å². The quantitative estimate of drug-likeness (QED) is 0.815. The minimum atomic E-state index is -0.489. The zero-order chi connectivity index (χ0) is 14.4. The van der Waals surface area contributed by atoms with Crippen LogP contribution in [0.15, 0.2) is 18.2 Å². The Labute approximate surface area is 118 Å². The minimum absolute atomic E-state index is 0.0194. The summed E-state index contributed by atoms with van der Waals surface area (Å²) in [4.78, 5) is 11.7. The van der Waals surface area contributed by atoms with Crippen LogP contribution in [-0.4, -0.2) is 19.1 Å². The number of nitrogen functional groups attached to an aromatic ring is 1. The first-order chi connectivity index (χ1) is 9.65. The molecule has 1 saturated carbocycles. The number of halogens is 1. The number of benzene rings is 1. The van der Waals surface area contributed by atoms with Gasteiger partial charge >= 0.3 is 0 Å². The molecular weight excluding hydrogens is 259 g/mol. The van der Waals surface area contributed by atoms with Gasteiger partial charge in [0.05, 0.1) is 12.3 Å². The Hall–Kier alpha value is -1.62. The molecule has 1 fully saturated rings. The minimum Gasteiger partial charge on any atom is -0.396 e. The van der Waals surface area contributed by atoms with Gasteiger partial charge in [0, 0.05) is 5.69 Å². The van der Waals surface area contributed by atoms with E-state index in [-0.39, 0.29) is 18.2 Å². The zero-order valence-corrected chi connectivity index (χ0v) is 11.5. The van der Waals surface area contributed by atoms with E-state index in [9.17, 15) is 9.18 Å². The summed E-state index contributed by atoms with van der Waals surface area (Å²) in [5.41, 5.74) is 5.94. The third-order valence-electron chi connectivity index (χ3n) is 3.59. The average Bonchev–Trinajstić information content (AvgIpc) is 2.44. The third kappa shape index (κ3) is 4.49. The van der Waals surface area contributed by atoms with Gasteiger partial charge in [0.2, 0.25) is 5.91 Å². The second-order valence-corrected chi connectivity index (χ2v) is 5.30. The Bertz CT molecular complexity index is 459. The maximum atomic E-state index is 13.0. The van der Waals surface area contributed by atoms with E-state index in [1.165, 1.54) is 50.3 Å². The van der Waals surface area contributed by atoms with Crippen molar-refractivity contribution < 1.29 is 13.9 Å². The van der Waals surface area contributed by atoms with Gasteiger partial charge < -0.3 is 15.8 Å². The summed E-state index contributed by atoms with van der Waals surface area (Å²) in [5, 5.41) is 2.64. The molecule has 0 unspecified atom stereocenters. The van der Waals surface area contributed by atoms with Gasteiger partial charge in [-0.15, -0.1) is 0 Å². The van der Waals surface area contributed by atoms with Crippen LogP contribution in [0.3, 0.4) is 0 Å². The first-order valence-corrected chi connectivity index (χ1v) is 7.08. The van der Waals surface area contributed by atoms with Gasteiger partial charge in [0.15, 0.2) is 0 Å². The van der Waals surface area contributed by atoms with Gasteiger partial charge in [-0.25, -0.2) is 4.39 Å². The topological polar surface area (TPSA) is 64.3 Å². The number of carbonyl (C=O) groups is 1. The van der Waals surface area contributed by atoms with E-state index in [1.807, 2.05) is 0 Å². The maximum Gasteiger partial charge on any atom is 0.250 e. The highest BCUT2D eigenvalue weighted by Crippen LogP contribution is 2.23. The van der Waals surface area contributed by atoms with Crippen LogP contribution in [0, 0.1) is 11.7 Å². The number of hydrogen-bond acceptors (Lipinski definition) is 3. The Morgan fingerprint density at radius 2 is 2.10 bits per heavy atom. The molecule has 0 saturated heterocycles. The Morgan fingerprint density at radius 1 is 1.35 bits per heavy atom. The summed E-state index contributed by atoms with van der Waals surface area (Å²) in [7, 11) is 0. The number of carbonyl (C=O) groups excluding carboxylic acids is 1. The summed E-state index contributed by atoms with van der Waals surface area (Å²) >= 11 is 0. The zero-order valence-electron chi connectivity index (χ0n) is 11.5. The Balaban J connectivity index is 1.70. The Kier molecular flexibility index (Phi) is 5.35. The number of amides is 1. The van der Waals surface area contributed by atoms with Gasteiger partial charge in [-0.1, -0.05) is 19.3 Å². The molecule has 1 aliphatic rings. The van der Waals surface area contributed by atoms with Crippen LogP contribution in [0.1, 0.15) is 32.1 Å². The van der Waals surface area contributed by atoms with Crippen molar-refractivity contribution in [3.63, 3.8) is 0 Å². The van der Waals surface area contributed by atoms with Crippen molar-refractivity contribution in [3.8, 4) is 0 Å². The van der Waals surface area contributed by atoms with Gasteiger partial charge in [-0.3, -0.25) is 4.79 Å². The first kappa shape index (κ1) is 14.8. The molecule has 2 rings (SSSR count). The summed E-state index contributed by atoms with van der Waals surface area (Å²) in [6.45, 7) is 0.659. The summed E-state index contributed by atoms with van der Waals surface area (Å²) in [6.07, 6.45) is 6.21. The lowest BCUT2D eigenvalue weighted by molar-refractivity contribution is -0.121. The smallest absolute Gasteiger partial charge is 0.250 e. The van der Waals surface area contributed by atoms with E-state index in [4.69, 9.17) is 10.5 Å². The molecule has 1 aliphatic carbocycles. The van der Waals surface area contributed by atoms with Gasteiger partial charge in [-0.2, -0.15) is 0 Å². The SMILES string of the molecule is Nc1cc(NC(=O)COCC2CCCCC2)ccc1F. The fourth-order valence-electron chi connectivity index (χ4n) is 2.49. The monoisotopic (exact) mass is 280 g/mol. The summed E-state index contributed by atoms with van der Waals surface area (Å²) in [5.74, 6) is -0.151. The third-order valence-corrected chi connectivity index (χ3v) is 3.59. The summed E-state index contributed by atoms with van der Waals surface area (Å²) < 4.78 is 18.4. The molecule has 0 heterocycles. The molecule has 5 heteroatoms. The molecule has 0 bridgehead atoms. The van der Waals surface area contributed by atoms with E-state index < -0.39 is 5.82 Å². The molecule has 0 aromatic heterocycles. The van der Waals surface area contributed by atoms with E-state index in [2.05, 4.69) is 5.32 Å². The second-order valence-electron chi connectivity index (χ2n) is 5.30. The van der Waals surface area contributed by atoms with Crippen molar-refractivity contribution in [1.29, 1.82) is 0 Å². The summed E-state index contributed by atoms with van der Waals surface area (Å²) in [6, 6.07) is 4.10. The molecule has 1 amide bonds. The number of nitrogens with one attached hydrogen (secondary N) is 1. The molecule has 1 aromatic rings. The van der Waals surface area contributed by atoms with Crippen LogP contribution < -0.4 is 11.1 Å². The number of ether oxygens (including phenoxy) is 1. The van der Waals surface area contributed by atoms with E-state index in [0.29, 0.717) is 18.2 Å². The molecule has 0 spiro atoms. The molecule has 3 N–H and O–H groups in total. The predicted molar refractivity (Wildman–Crippen MR) is 76.8 cm³/mol. The van der Waals surface area contributed by atoms with Crippen molar-refractivity contribution >= 4 is 17.3 Å². The van der Waals surface area contributed by atoms with Gasteiger partial charge in [0.1, 0.15) is 12.4 Å². The van der Waals surface area contributed by atoms with Crippen LogP contribution in [0.5, 0.6) is 0 Å². The van der Waals surface area contributed by atoms with Gasteiger partial charge in [0.25, 0.3) is 0 Å². The molecule has 1 aromatic carbocycles. The van der Waals surface area contributed by atoms with Crippen LogP contribution >= 0.6 is 0 Å². The van der Waals surface area contributed by atoms with E-state index in [0.717, 1.165) is 0 Å². The van der Waals surface area contributed by atoms with Crippen LogP contribution in [-0.2, 0) is 9.53 Å². The largest absolute Gasteiger partial charge is 0.396 e. The second kappa shape index (κ2) is 7.24. The normalized spacial score (nSPS) is 16.1. The van der Waals surface area contributed by atoms with Crippen LogP contribution in [0.2, 0.25) is 0 Å². The lowest BCUT2D eigenvalue weighted by Crippen LogP contribution is -2.21. The highest BCUT2D eigenvalue weighted by molar-refractivity contribution is 5.92. The fourth-order valence-corrected chi connectivity index (χ4v) is 2.49. The highest BCUT2D eigenvalue weighted by Gasteiger charge is 2.14. The maximum absolute atomic E-state index is 13.0. The molecule has 4 nitrogen and oxygen atoms in total. The lowest BCUT2D eigenvalue weighted by Gasteiger charge is -2.21. The van der Waals surface area contributed by atoms with Crippen molar-refractivity contribution in [1.82, 2.24) is 0 Å². The molecule has 0 aliphatic heterocycles. The van der Waals surface area contributed by atoms with Crippen molar-refractivity contribution in [2.24, 2.45) is 5.92 Å². The average molecular weight is 280 g/mol. The predicted octanol–water partition coefficient (Wildman–Crippen LogP) is 2.94. The van der Waals surface area contributed by atoms with Crippen LogP contribution in [0.25, 0.3) is 0 Å². The first-order valence-electron chi connectivity index (χ1n) is 7.08. The Morgan fingerprint density at radius 3 is 2.80 bits per heavy atom. The van der Waals surface area contributed by atoms with Crippen molar-refractivity contribution in [2.75, 3.05) is 24.3 Å². The van der Waals surface area contributed by atoms with Crippen LogP contribution in [0.4, 0.5) is 15.8 Å². The molecule has 0 radical (unpaired) electrons. The standard InChI is InChI=1S/C15H21FN2O2/c16-13-7-6-12(8-14(13)17)18-15(19)10-20-9-11-4-2-1-3-5-11/h6-8,11H,1-5,9-10,17H2,(H,18,19). The number of rotatable bonds is 5. The number of hydrogen-bond donors (Lipinski definition) is 2. The molecule has 110 valence electrons. The molecule has 0 atom stereocenters. The lowest BCUT2D eigenvalue weighted by atomic mass is 9.90. The van der Waals surface area contributed by atoms with Crippen molar-refractivity contribution in [3.05, 3.63) is 24.0 Å². The number of anilines is 2. The van der Waals surface area contributed by atoms with Crippen molar-refractivity contribution in [2.45, 2.75) is 32.1 Å². The fraction of sp³-hybridized carbons (Fsp3) is 0.533. The van der Waals surface area contributed by atoms with E-state index >= 15 is 0 Å². The van der Waals surface area contributed by atoms with Gasteiger partial charge in [-0.05, 0) is 37.0 Å².